The van der Waals surface area contributed by atoms with Crippen LogP contribution in [0.3, 0.4) is 0 Å². The minimum absolute atomic E-state index is 0.280. The van der Waals surface area contributed by atoms with Crippen molar-refractivity contribution in [2.45, 2.75) is 59.2 Å². The number of nitrogens with one attached hydrogen (secondary N) is 1. The third kappa shape index (κ3) is 5.09. The molecule has 3 heteroatoms. The van der Waals surface area contributed by atoms with Crippen LogP contribution in [0, 0.1) is 0 Å². The number of allylic oxidation sites excluding steroid dienone is 1. The Hall–Kier alpha value is -0.380. The second kappa shape index (κ2) is 7.93. The molecular weight excluding hydrogens is 224 g/mol. The van der Waals surface area contributed by atoms with E-state index in [9.17, 15) is 0 Å². The van der Waals surface area contributed by atoms with E-state index in [2.05, 4.69) is 50.9 Å². The van der Waals surface area contributed by atoms with Crippen LogP contribution in [0.1, 0.15) is 41.0 Å². The van der Waals surface area contributed by atoms with Gasteiger partial charge in [-0.1, -0.05) is 18.6 Å². The Labute approximate surface area is 113 Å². The molecule has 1 N–H and O–H groups in total. The van der Waals surface area contributed by atoms with E-state index in [1.54, 1.807) is 0 Å². The van der Waals surface area contributed by atoms with Gasteiger partial charge in [0, 0.05) is 19.1 Å². The van der Waals surface area contributed by atoms with Gasteiger partial charge < -0.3 is 10.1 Å². The lowest BCUT2D eigenvalue weighted by Crippen LogP contribution is -2.53. The molecule has 0 saturated carbocycles. The van der Waals surface area contributed by atoms with Gasteiger partial charge in [-0.3, -0.25) is 4.90 Å². The summed E-state index contributed by atoms with van der Waals surface area (Å²) in [6, 6.07) is 0.950. The number of ether oxygens (including phenoxy) is 1. The zero-order chi connectivity index (χ0) is 13.5. The summed E-state index contributed by atoms with van der Waals surface area (Å²) >= 11 is 0. The van der Waals surface area contributed by atoms with E-state index < -0.39 is 0 Å². The molecule has 0 bridgehead atoms. The Morgan fingerprint density at radius 1 is 1.44 bits per heavy atom. The molecule has 2 unspecified atom stereocenters. The SMILES string of the molecule is CCCNC(C=C(C)C)C1CN(C(C)C)CCO1. The monoisotopic (exact) mass is 254 g/mol. The van der Waals surface area contributed by atoms with E-state index in [1.807, 2.05) is 0 Å². The van der Waals surface area contributed by atoms with Gasteiger partial charge in [-0.05, 0) is 40.7 Å². The normalized spacial score (nSPS) is 23.1. The van der Waals surface area contributed by atoms with Crippen molar-refractivity contribution in [3.05, 3.63) is 11.6 Å². The lowest BCUT2D eigenvalue weighted by atomic mass is 10.1. The van der Waals surface area contributed by atoms with Crippen LogP contribution in [0.5, 0.6) is 0 Å². The van der Waals surface area contributed by atoms with Gasteiger partial charge >= 0.3 is 0 Å². The van der Waals surface area contributed by atoms with Crippen molar-refractivity contribution in [1.29, 1.82) is 0 Å². The Bertz CT molecular complexity index is 259. The summed E-state index contributed by atoms with van der Waals surface area (Å²) < 4.78 is 5.97. The first-order valence-electron chi connectivity index (χ1n) is 7.28. The number of rotatable bonds is 6. The average molecular weight is 254 g/mol. The van der Waals surface area contributed by atoms with Crippen molar-refractivity contribution in [3.8, 4) is 0 Å². The highest BCUT2D eigenvalue weighted by Gasteiger charge is 2.27. The third-order valence-corrected chi connectivity index (χ3v) is 3.40. The lowest BCUT2D eigenvalue weighted by Gasteiger charge is -2.38. The Morgan fingerprint density at radius 3 is 2.72 bits per heavy atom. The molecule has 1 aliphatic heterocycles. The van der Waals surface area contributed by atoms with Gasteiger partial charge in [-0.2, -0.15) is 0 Å². The first kappa shape index (κ1) is 15.7. The molecule has 1 fully saturated rings. The van der Waals surface area contributed by atoms with Crippen LogP contribution in [-0.2, 0) is 4.74 Å². The van der Waals surface area contributed by atoms with Gasteiger partial charge in [0.05, 0.1) is 18.8 Å². The van der Waals surface area contributed by atoms with E-state index in [1.165, 1.54) is 5.57 Å². The van der Waals surface area contributed by atoms with E-state index in [0.29, 0.717) is 12.1 Å². The standard InChI is InChI=1S/C15H30N2O/c1-6-7-16-14(10-12(2)3)15-11-17(13(4)5)8-9-18-15/h10,13-16H,6-9,11H2,1-5H3. The molecule has 1 aliphatic rings. The molecule has 0 aromatic heterocycles. The van der Waals surface area contributed by atoms with Crippen LogP contribution in [-0.4, -0.2) is 49.3 Å². The molecule has 0 aliphatic carbocycles. The second-order valence-electron chi connectivity index (χ2n) is 5.72. The van der Waals surface area contributed by atoms with Crippen LogP contribution < -0.4 is 5.32 Å². The summed E-state index contributed by atoms with van der Waals surface area (Å²) in [5.41, 5.74) is 1.36. The topological polar surface area (TPSA) is 24.5 Å². The fourth-order valence-electron chi connectivity index (χ4n) is 2.35. The van der Waals surface area contributed by atoms with E-state index in [4.69, 9.17) is 4.74 Å². The van der Waals surface area contributed by atoms with Gasteiger partial charge in [-0.15, -0.1) is 0 Å². The molecule has 0 aromatic rings. The number of hydrogen-bond acceptors (Lipinski definition) is 3. The van der Waals surface area contributed by atoms with Crippen LogP contribution in [0.4, 0.5) is 0 Å². The van der Waals surface area contributed by atoms with Crippen LogP contribution in [0.2, 0.25) is 0 Å². The minimum atomic E-state index is 0.280. The molecule has 18 heavy (non-hydrogen) atoms. The van der Waals surface area contributed by atoms with Crippen molar-refractivity contribution in [2.24, 2.45) is 0 Å². The van der Waals surface area contributed by atoms with Crippen molar-refractivity contribution < 1.29 is 4.74 Å². The van der Waals surface area contributed by atoms with Crippen molar-refractivity contribution in [3.63, 3.8) is 0 Å². The Balaban J connectivity index is 2.63. The predicted octanol–water partition coefficient (Wildman–Crippen LogP) is 2.43. The van der Waals surface area contributed by atoms with Crippen LogP contribution >= 0.6 is 0 Å². The number of nitrogens with zero attached hydrogens (tertiary/aromatic N) is 1. The van der Waals surface area contributed by atoms with Crippen molar-refractivity contribution in [1.82, 2.24) is 10.2 Å². The smallest absolute Gasteiger partial charge is 0.0891 e. The molecule has 1 rings (SSSR count). The fraction of sp³-hybridized carbons (Fsp3) is 0.867. The minimum Gasteiger partial charge on any atom is -0.374 e. The summed E-state index contributed by atoms with van der Waals surface area (Å²) in [6.45, 7) is 15.0. The van der Waals surface area contributed by atoms with Gasteiger partial charge in [0.25, 0.3) is 0 Å². The summed E-state index contributed by atoms with van der Waals surface area (Å²) in [7, 11) is 0. The van der Waals surface area contributed by atoms with Crippen LogP contribution in [0.15, 0.2) is 11.6 Å². The molecule has 106 valence electrons. The molecule has 2 atom stereocenters. The molecule has 3 nitrogen and oxygen atoms in total. The Morgan fingerprint density at radius 2 is 2.17 bits per heavy atom. The number of morpholine rings is 1. The molecule has 0 radical (unpaired) electrons. The molecule has 1 saturated heterocycles. The maximum Gasteiger partial charge on any atom is 0.0891 e. The van der Waals surface area contributed by atoms with Gasteiger partial charge in [-0.25, -0.2) is 0 Å². The van der Waals surface area contributed by atoms with Crippen molar-refractivity contribution >= 4 is 0 Å². The van der Waals surface area contributed by atoms with Crippen LogP contribution in [0.25, 0.3) is 0 Å². The zero-order valence-corrected chi connectivity index (χ0v) is 12.7. The molecule has 0 amide bonds. The Kier molecular flexibility index (Phi) is 6.90. The largest absolute Gasteiger partial charge is 0.374 e. The summed E-state index contributed by atoms with van der Waals surface area (Å²) in [6.07, 6.45) is 3.75. The number of hydrogen-bond donors (Lipinski definition) is 1. The maximum atomic E-state index is 5.97. The molecule has 1 heterocycles. The summed E-state index contributed by atoms with van der Waals surface area (Å²) in [5, 5.41) is 3.60. The maximum absolute atomic E-state index is 5.97. The quantitative estimate of drug-likeness (QED) is 0.737. The second-order valence-corrected chi connectivity index (χ2v) is 5.72. The highest BCUT2D eigenvalue weighted by atomic mass is 16.5. The molecule has 0 spiro atoms. The zero-order valence-electron chi connectivity index (χ0n) is 12.7. The fourth-order valence-corrected chi connectivity index (χ4v) is 2.35. The highest BCUT2D eigenvalue weighted by Crippen LogP contribution is 2.13. The lowest BCUT2D eigenvalue weighted by molar-refractivity contribution is -0.0482. The molecular formula is C15H30N2O. The first-order chi connectivity index (χ1) is 8.54. The first-order valence-corrected chi connectivity index (χ1v) is 7.28. The van der Waals surface area contributed by atoms with Crippen molar-refractivity contribution in [2.75, 3.05) is 26.2 Å². The van der Waals surface area contributed by atoms with Gasteiger partial charge in [0.1, 0.15) is 0 Å². The summed E-state index contributed by atoms with van der Waals surface area (Å²) in [4.78, 5) is 2.51. The highest BCUT2D eigenvalue weighted by molar-refractivity contribution is 5.05. The average Bonchev–Trinajstić information content (AvgIpc) is 2.34. The summed E-state index contributed by atoms with van der Waals surface area (Å²) in [5.74, 6) is 0. The van der Waals surface area contributed by atoms with E-state index in [0.717, 1.165) is 32.7 Å². The molecule has 0 aromatic carbocycles. The van der Waals surface area contributed by atoms with Gasteiger partial charge in [0.2, 0.25) is 0 Å². The van der Waals surface area contributed by atoms with E-state index in [-0.39, 0.29) is 6.10 Å². The van der Waals surface area contributed by atoms with E-state index >= 15 is 0 Å². The van der Waals surface area contributed by atoms with Gasteiger partial charge in [0.15, 0.2) is 0 Å². The predicted molar refractivity (Wildman–Crippen MR) is 78.0 cm³/mol. The third-order valence-electron chi connectivity index (χ3n) is 3.40.